The van der Waals surface area contributed by atoms with Crippen molar-refractivity contribution >= 4 is 11.8 Å². The normalized spacial score (nSPS) is 12.9. The fourth-order valence-corrected chi connectivity index (χ4v) is 3.13. The lowest BCUT2D eigenvalue weighted by atomic mass is 10.0. The van der Waals surface area contributed by atoms with Crippen molar-refractivity contribution in [1.29, 1.82) is 0 Å². The van der Waals surface area contributed by atoms with Gasteiger partial charge in [0.2, 0.25) is 11.8 Å². The van der Waals surface area contributed by atoms with Crippen LogP contribution in [-0.2, 0) is 22.6 Å². The van der Waals surface area contributed by atoms with E-state index >= 15 is 0 Å². The molecule has 156 valence electrons. The molecule has 4 heteroatoms. The fourth-order valence-electron chi connectivity index (χ4n) is 3.13. The van der Waals surface area contributed by atoms with Gasteiger partial charge in [-0.3, -0.25) is 9.59 Å². The summed E-state index contributed by atoms with van der Waals surface area (Å²) in [6.07, 6.45) is 1.14. The van der Waals surface area contributed by atoms with Crippen molar-refractivity contribution < 1.29 is 9.59 Å². The molecule has 0 spiro atoms. The van der Waals surface area contributed by atoms with Crippen LogP contribution in [0, 0.1) is 20.8 Å². The van der Waals surface area contributed by atoms with Crippen LogP contribution in [0.4, 0.5) is 0 Å². The lowest BCUT2D eigenvalue weighted by Gasteiger charge is -2.30. The van der Waals surface area contributed by atoms with Crippen LogP contribution >= 0.6 is 0 Å². The first-order chi connectivity index (χ1) is 13.7. The topological polar surface area (TPSA) is 49.4 Å². The van der Waals surface area contributed by atoms with Crippen LogP contribution in [0.1, 0.15) is 55.0 Å². The Hall–Kier alpha value is -2.62. The second kappa shape index (κ2) is 10.2. The van der Waals surface area contributed by atoms with Gasteiger partial charge in [-0.05, 0) is 63.3 Å². The number of carbonyl (C=O) groups is 2. The number of hydrogen-bond donors (Lipinski definition) is 1. The Bertz CT molecular complexity index is 842. The lowest BCUT2D eigenvalue weighted by Crippen LogP contribution is -2.49. The Balaban J connectivity index is 2.23. The molecular formula is C25H34N2O2. The van der Waals surface area contributed by atoms with E-state index in [0.29, 0.717) is 6.54 Å². The van der Waals surface area contributed by atoms with Crippen molar-refractivity contribution in [2.24, 2.45) is 0 Å². The molecule has 0 saturated heterocycles. The summed E-state index contributed by atoms with van der Waals surface area (Å²) in [4.78, 5) is 27.7. The zero-order valence-electron chi connectivity index (χ0n) is 18.6. The summed E-state index contributed by atoms with van der Waals surface area (Å²) in [5.74, 6) is -0.152. The Morgan fingerprint density at radius 1 is 0.931 bits per heavy atom. The van der Waals surface area contributed by atoms with Gasteiger partial charge in [-0.15, -0.1) is 0 Å². The predicted molar refractivity (Wildman–Crippen MR) is 119 cm³/mol. The van der Waals surface area contributed by atoms with Crippen molar-refractivity contribution in [3.8, 4) is 0 Å². The molecule has 0 aliphatic rings. The fraction of sp³-hybridized carbons (Fsp3) is 0.440. The van der Waals surface area contributed by atoms with Gasteiger partial charge >= 0.3 is 0 Å². The average molecular weight is 395 g/mol. The third kappa shape index (κ3) is 6.45. The maximum atomic E-state index is 13.2. The van der Waals surface area contributed by atoms with Crippen LogP contribution < -0.4 is 5.32 Å². The maximum absolute atomic E-state index is 13.2. The minimum atomic E-state index is -0.538. The number of nitrogens with zero attached hydrogens (tertiary/aromatic N) is 1. The molecule has 0 radical (unpaired) electrons. The lowest BCUT2D eigenvalue weighted by molar-refractivity contribution is -0.140. The SMILES string of the molecule is CC[C@@H](C)NC(=O)[C@H](C)N(Cc1ccc(C)cc1)C(=O)Cc1ccc(C)c(C)c1. The Morgan fingerprint density at radius 3 is 2.14 bits per heavy atom. The van der Waals surface area contributed by atoms with E-state index in [2.05, 4.69) is 25.2 Å². The van der Waals surface area contributed by atoms with Crippen molar-refractivity contribution in [3.63, 3.8) is 0 Å². The highest BCUT2D eigenvalue weighted by molar-refractivity contribution is 5.88. The zero-order valence-corrected chi connectivity index (χ0v) is 18.6. The van der Waals surface area contributed by atoms with Crippen LogP contribution in [0.3, 0.4) is 0 Å². The van der Waals surface area contributed by atoms with Gasteiger partial charge in [0, 0.05) is 12.6 Å². The molecule has 2 atom stereocenters. The van der Waals surface area contributed by atoms with E-state index in [9.17, 15) is 9.59 Å². The Kier molecular flexibility index (Phi) is 8.00. The standard InChI is InChI=1S/C25H34N2O2/c1-7-20(5)26-25(29)21(6)27(16-22-11-8-17(2)9-12-22)24(28)15-23-13-10-18(3)19(4)14-23/h8-14,20-21H,7,15-16H2,1-6H3,(H,26,29)/t20-,21+/m1/s1. The van der Waals surface area contributed by atoms with Gasteiger partial charge in [0.25, 0.3) is 0 Å². The van der Waals surface area contributed by atoms with Gasteiger partial charge in [-0.2, -0.15) is 0 Å². The van der Waals surface area contributed by atoms with E-state index < -0.39 is 6.04 Å². The molecule has 0 aliphatic heterocycles. The summed E-state index contributed by atoms with van der Waals surface area (Å²) in [7, 11) is 0. The van der Waals surface area contributed by atoms with Crippen LogP contribution in [0.25, 0.3) is 0 Å². The monoisotopic (exact) mass is 394 g/mol. The van der Waals surface area contributed by atoms with Crippen molar-refractivity contribution in [2.45, 2.75) is 73.0 Å². The highest BCUT2D eigenvalue weighted by Gasteiger charge is 2.26. The zero-order chi connectivity index (χ0) is 21.6. The highest BCUT2D eigenvalue weighted by atomic mass is 16.2. The molecule has 0 saturated carbocycles. The predicted octanol–water partition coefficient (Wildman–Crippen LogP) is 4.49. The van der Waals surface area contributed by atoms with Gasteiger partial charge < -0.3 is 10.2 Å². The first kappa shape index (κ1) is 22.7. The molecule has 0 bridgehead atoms. The minimum absolute atomic E-state index is 0.0411. The number of carbonyl (C=O) groups excluding carboxylic acids is 2. The van der Waals surface area contributed by atoms with Gasteiger partial charge in [-0.1, -0.05) is 55.0 Å². The first-order valence-electron chi connectivity index (χ1n) is 10.4. The van der Waals surface area contributed by atoms with Crippen LogP contribution in [-0.4, -0.2) is 28.8 Å². The number of rotatable bonds is 8. The van der Waals surface area contributed by atoms with E-state index in [-0.39, 0.29) is 24.3 Å². The largest absolute Gasteiger partial charge is 0.352 e. The summed E-state index contributed by atoms with van der Waals surface area (Å²) in [5.41, 5.74) is 5.54. The van der Waals surface area contributed by atoms with E-state index in [1.54, 1.807) is 4.90 Å². The average Bonchev–Trinajstić information content (AvgIpc) is 2.69. The van der Waals surface area contributed by atoms with Gasteiger partial charge in [0.1, 0.15) is 6.04 Å². The summed E-state index contributed by atoms with van der Waals surface area (Å²) in [6.45, 7) is 12.4. The van der Waals surface area contributed by atoms with Gasteiger partial charge in [-0.25, -0.2) is 0 Å². The third-order valence-corrected chi connectivity index (χ3v) is 5.57. The molecule has 0 aromatic heterocycles. The molecule has 2 rings (SSSR count). The van der Waals surface area contributed by atoms with Crippen LogP contribution in [0.2, 0.25) is 0 Å². The number of hydrogen-bond acceptors (Lipinski definition) is 2. The highest BCUT2D eigenvalue weighted by Crippen LogP contribution is 2.15. The molecule has 2 aromatic carbocycles. The number of aryl methyl sites for hydroxylation is 3. The second-order valence-corrected chi connectivity index (χ2v) is 8.10. The van der Waals surface area contributed by atoms with Crippen LogP contribution in [0.15, 0.2) is 42.5 Å². The third-order valence-electron chi connectivity index (χ3n) is 5.57. The molecule has 2 amide bonds. The van der Waals surface area contributed by atoms with Gasteiger partial charge in [0.05, 0.1) is 6.42 Å². The summed E-state index contributed by atoms with van der Waals surface area (Å²) >= 11 is 0. The quantitative estimate of drug-likeness (QED) is 0.717. The number of benzene rings is 2. The molecule has 2 aromatic rings. The van der Waals surface area contributed by atoms with E-state index in [0.717, 1.165) is 17.5 Å². The first-order valence-corrected chi connectivity index (χ1v) is 10.4. The van der Waals surface area contributed by atoms with Gasteiger partial charge in [0.15, 0.2) is 0 Å². The molecule has 1 N–H and O–H groups in total. The molecular weight excluding hydrogens is 360 g/mol. The van der Waals surface area contributed by atoms with Crippen LogP contribution in [0.5, 0.6) is 0 Å². The molecule has 0 aliphatic carbocycles. The maximum Gasteiger partial charge on any atom is 0.242 e. The summed E-state index contributed by atoms with van der Waals surface area (Å²) < 4.78 is 0. The van der Waals surface area contributed by atoms with E-state index in [1.165, 1.54) is 16.7 Å². The molecule has 4 nitrogen and oxygen atoms in total. The number of nitrogens with one attached hydrogen (secondary N) is 1. The molecule has 29 heavy (non-hydrogen) atoms. The molecule has 0 heterocycles. The van der Waals surface area contributed by atoms with Crippen molar-refractivity contribution in [1.82, 2.24) is 10.2 Å². The number of amides is 2. The Labute approximate surface area is 175 Å². The summed E-state index contributed by atoms with van der Waals surface area (Å²) in [6, 6.07) is 13.7. The molecule has 0 unspecified atom stereocenters. The minimum Gasteiger partial charge on any atom is -0.352 e. The van der Waals surface area contributed by atoms with E-state index in [1.807, 2.05) is 64.1 Å². The smallest absolute Gasteiger partial charge is 0.242 e. The van der Waals surface area contributed by atoms with Crippen molar-refractivity contribution in [2.75, 3.05) is 0 Å². The molecule has 0 fully saturated rings. The Morgan fingerprint density at radius 2 is 1.55 bits per heavy atom. The van der Waals surface area contributed by atoms with Crippen molar-refractivity contribution in [3.05, 3.63) is 70.3 Å². The van der Waals surface area contributed by atoms with E-state index in [4.69, 9.17) is 0 Å². The summed E-state index contributed by atoms with van der Waals surface area (Å²) in [5, 5.41) is 3.01. The second-order valence-electron chi connectivity index (χ2n) is 8.10.